The number of halogens is 1. The van der Waals surface area contributed by atoms with E-state index in [1.54, 1.807) is 6.20 Å². The van der Waals surface area contributed by atoms with Gasteiger partial charge in [-0.1, -0.05) is 12.1 Å². The molecule has 1 aromatic carbocycles. The first kappa shape index (κ1) is 16.5. The van der Waals surface area contributed by atoms with E-state index in [1.807, 2.05) is 55.1 Å². The predicted octanol–water partition coefficient (Wildman–Crippen LogP) is 2.30. The maximum atomic E-state index is 5.75. The van der Waals surface area contributed by atoms with Gasteiger partial charge < -0.3 is 11.1 Å². The molecule has 108 valence electrons. The van der Waals surface area contributed by atoms with E-state index in [0.29, 0.717) is 18.5 Å². The van der Waals surface area contributed by atoms with Crippen LogP contribution in [-0.4, -0.2) is 21.8 Å². The van der Waals surface area contributed by atoms with Crippen molar-refractivity contribution in [3.63, 3.8) is 0 Å². The lowest BCUT2D eigenvalue weighted by molar-refractivity contribution is 0.723. The van der Waals surface area contributed by atoms with Gasteiger partial charge in [0.25, 0.3) is 0 Å². The van der Waals surface area contributed by atoms with Gasteiger partial charge in [-0.3, -0.25) is 0 Å². The highest BCUT2D eigenvalue weighted by Crippen LogP contribution is 2.09. The predicted molar refractivity (Wildman–Crippen MR) is 92.6 cm³/mol. The summed E-state index contributed by atoms with van der Waals surface area (Å²) in [6.07, 6.45) is 3.67. The molecule has 0 bridgehead atoms. The van der Waals surface area contributed by atoms with E-state index in [4.69, 9.17) is 5.73 Å². The molecule has 2 aromatic rings. The lowest BCUT2D eigenvalue weighted by atomic mass is 10.2. The van der Waals surface area contributed by atoms with E-state index < -0.39 is 0 Å². The highest BCUT2D eigenvalue weighted by Gasteiger charge is 1.98. The highest BCUT2D eigenvalue weighted by atomic mass is 127. The molecule has 0 spiro atoms. The lowest BCUT2D eigenvalue weighted by Crippen LogP contribution is -2.36. The fourth-order valence-electron chi connectivity index (χ4n) is 1.69. The topological polar surface area (TPSA) is 68.2 Å². The molecule has 5 nitrogen and oxygen atoms in total. The molecule has 0 radical (unpaired) electrons. The van der Waals surface area contributed by atoms with Crippen molar-refractivity contribution in [1.82, 2.24) is 15.1 Å². The van der Waals surface area contributed by atoms with Crippen LogP contribution in [0, 0.1) is 0 Å². The van der Waals surface area contributed by atoms with Crippen LogP contribution in [0.15, 0.2) is 47.7 Å². The van der Waals surface area contributed by atoms with Gasteiger partial charge in [-0.05, 0) is 37.6 Å². The van der Waals surface area contributed by atoms with Crippen LogP contribution in [0.25, 0.3) is 5.69 Å². The molecule has 0 saturated carbocycles. The van der Waals surface area contributed by atoms with Crippen LogP contribution in [-0.2, 0) is 6.54 Å². The molecule has 0 fully saturated rings. The van der Waals surface area contributed by atoms with E-state index in [2.05, 4.69) is 15.4 Å². The van der Waals surface area contributed by atoms with Crippen LogP contribution in [0.5, 0.6) is 0 Å². The number of nitrogens with zero attached hydrogens (tertiary/aromatic N) is 3. The molecule has 0 aliphatic heterocycles. The minimum Gasteiger partial charge on any atom is -0.370 e. The Morgan fingerprint density at radius 1 is 1.35 bits per heavy atom. The van der Waals surface area contributed by atoms with Gasteiger partial charge in [0.15, 0.2) is 5.96 Å². The molecular weight excluding hydrogens is 365 g/mol. The second-order valence-corrected chi connectivity index (χ2v) is 4.62. The van der Waals surface area contributed by atoms with Gasteiger partial charge in [-0.15, -0.1) is 24.0 Å². The van der Waals surface area contributed by atoms with Gasteiger partial charge in [0, 0.05) is 18.4 Å². The molecular formula is C14H20IN5. The Morgan fingerprint density at radius 3 is 2.60 bits per heavy atom. The number of rotatable bonds is 4. The van der Waals surface area contributed by atoms with Crippen LogP contribution < -0.4 is 11.1 Å². The van der Waals surface area contributed by atoms with Crippen LogP contribution in [0.3, 0.4) is 0 Å². The van der Waals surface area contributed by atoms with E-state index in [-0.39, 0.29) is 24.0 Å². The Balaban J connectivity index is 0.00000200. The first-order valence-corrected chi connectivity index (χ1v) is 6.30. The summed E-state index contributed by atoms with van der Waals surface area (Å²) in [6.45, 7) is 4.63. The molecule has 2 rings (SSSR count). The molecule has 20 heavy (non-hydrogen) atoms. The number of guanidine groups is 1. The van der Waals surface area contributed by atoms with Crippen LogP contribution in [0.4, 0.5) is 0 Å². The molecule has 0 aliphatic rings. The number of hydrogen-bond donors (Lipinski definition) is 2. The van der Waals surface area contributed by atoms with Gasteiger partial charge in [-0.2, -0.15) is 5.10 Å². The molecule has 0 aliphatic carbocycles. The third-order valence-electron chi connectivity index (χ3n) is 2.57. The average molecular weight is 385 g/mol. The molecule has 6 heteroatoms. The number of hydrogen-bond acceptors (Lipinski definition) is 2. The summed E-state index contributed by atoms with van der Waals surface area (Å²) in [4.78, 5) is 4.29. The number of benzene rings is 1. The van der Waals surface area contributed by atoms with E-state index in [1.165, 1.54) is 0 Å². The minimum absolute atomic E-state index is 0. The molecule has 0 saturated heterocycles. The molecule has 0 atom stereocenters. The average Bonchev–Trinajstić information content (AvgIpc) is 2.90. The lowest BCUT2D eigenvalue weighted by Gasteiger charge is -2.08. The highest BCUT2D eigenvalue weighted by molar-refractivity contribution is 14.0. The van der Waals surface area contributed by atoms with Crippen molar-refractivity contribution in [2.75, 3.05) is 0 Å². The molecule has 0 amide bonds. The molecule has 3 N–H and O–H groups in total. The van der Waals surface area contributed by atoms with Crippen LogP contribution >= 0.6 is 24.0 Å². The fraction of sp³-hybridized carbons (Fsp3) is 0.286. The van der Waals surface area contributed by atoms with Crippen molar-refractivity contribution in [3.8, 4) is 5.69 Å². The fourth-order valence-corrected chi connectivity index (χ4v) is 1.69. The van der Waals surface area contributed by atoms with Crippen molar-refractivity contribution < 1.29 is 0 Å². The van der Waals surface area contributed by atoms with Crippen LogP contribution in [0.1, 0.15) is 19.4 Å². The summed E-state index contributed by atoms with van der Waals surface area (Å²) in [5, 5.41) is 7.24. The van der Waals surface area contributed by atoms with E-state index >= 15 is 0 Å². The van der Waals surface area contributed by atoms with Crippen LogP contribution in [0.2, 0.25) is 0 Å². The van der Waals surface area contributed by atoms with Gasteiger partial charge in [-0.25, -0.2) is 9.67 Å². The van der Waals surface area contributed by atoms with Crippen molar-refractivity contribution >= 4 is 29.9 Å². The second-order valence-electron chi connectivity index (χ2n) is 4.62. The number of nitrogens with two attached hydrogens (primary N) is 1. The first-order chi connectivity index (χ1) is 9.15. The zero-order valence-corrected chi connectivity index (χ0v) is 14.0. The molecule has 1 aromatic heterocycles. The number of aliphatic imine (C=N–C) groups is 1. The van der Waals surface area contributed by atoms with Gasteiger partial charge in [0.2, 0.25) is 0 Å². The largest absolute Gasteiger partial charge is 0.370 e. The van der Waals surface area contributed by atoms with Gasteiger partial charge in [0.1, 0.15) is 0 Å². The van der Waals surface area contributed by atoms with Gasteiger partial charge in [0.05, 0.1) is 12.2 Å². The van der Waals surface area contributed by atoms with Crippen molar-refractivity contribution in [3.05, 3.63) is 48.3 Å². The summed E-state index contributed by atoms with van der Waals surface area (Å²) in [5.74, 6) is 0.478. The van der Waals surface area contributed by atoms with Crippen molar-refractivity contribution in [1.29, 1.82) is 0 Å². The summed E-state index contributed by atoms with van der Waals surface area (Å²) in [6, 6.07) is 10.3. The number of nitrogens with one attached hydrogen (secondary N) is 1. The Bertz CT molecular complexity index is 531. The normalized spacial score (nSPS) is 11.2. The quantitative estimate of drug-likeness (QED) is 0.482. The smallest absolute Gasteiger partial charge is 0.189 e. The number of aromatic nitrogens is 2. The zero-order valence-electron chi connectivity index (χ0n) is 11.7. The standard InChI is InChI=1S/C14H19N5.HI/c1-11(2)18-14(15)16-10-12-4-6-13(7-5-12)19-9-3-8-17-19;/h3-9,11H,10H2,1-2H3,(H3,15,16,18);1H. The van der Waals surface area contributed by atoms with E-state index in [0.717, 1.165) is 11.3 Å². The maximum absolute atomic E-state index is 5.75. The third kappa shape index (κ3) is 4.84. The zero-order chi connectivity index (χ0) is 13.7. The summed E-state index contributed by atoms with van der Waals surface area (Å²) < 4.78 is 1.82. The van der Waals surface area contributed by atoms with E-state index in [9.17, 15) is 0 Å². The molecule has 0 unspecified atom stereocenters. The van der Waals surface area contributed by atoms with Gasteiger partial charge >= 0.3 is 0 Å². The summed E-state index contributed by atoms with van der Waals surface area (Å²) >= 11 is 0. The second kappa shape index (κ2) is 7.88. The Morgan fingerprint density at radius 2 is 2.05 bits per heavy atom. The first-order valence-electron chi connectivity index (χ1n) is 6.30. The van der Waals surface area contributed by atoms with Crippen molar-refractivity contribution in [2.45, 2.75) is 26.4 Å². The Labute approximate surface area is 136 Å². The monoisotopic (exact) mass is 385 g/mol. The Kier molecular flexibility index (Phi) is 6.50. The molecule has 1 heterocycles. The minimum atomic E-state index is 0. The maximum Gasteiger partial charge on any atom is 0.189 e. The SMILES string of the molecule is CC(C)NC(N)=NCc1ccc(-n2cccn2)cc1.I. The summed E-state index contributed by atoms with van der Waals surface area (Å²) in [5.41, 5.74) is 7.90. The van der Waals surface area contributed by atoms with Crippen molar-refractivity contribution in [2.24, 2.45) is 10.7 Å². The third-order valence-corrected chi connectivity index (χ3v) is 2.57. The Hall–Kier alpha value is -1.57. The summed E-state index contributed by atoms with van der Waals surface area (Å²) in [7, 11) is 0.